The van der Waals surface area contributed by atoms with Gasteiger partial charge in [0.25, 0.3) is 10.0 Å². The number of nitrogens with zero attached hydrogens (tertiary/aromatic N) is 3. The summed E-state index contributed by atoms with van der Waals surface area (Å²) in [6.07, 6.45) is 1.63. The van der Waals surface area contributed by atoms with Crippen molar-refractivity contribution >= 4 is 15.7 Å². The Balaban J connectivity index is 2.18. The molecule has 0 unspecified atom stereocenters. The van der Waals surface area contributed by atoms with Crippen molar-refractivity contribution in [3.05, 3.63) is 72.1 Å². The Morgan fingerprint density at radius 1 is 1.04 bits per heavy atom. The highest BCUT2D eigenvalue weighted by atomic mass is 32.2. The van der Waals surface area contributed by atoms with E-state index in [1.54, 1.807) is 10.9 Å². The van der Waals surface area contributed by atoms with Crippen LogP contribution >= 0.6 is 0 Å². The van der Waals surface area contributed by atoms with Crippen molar-refractivity contribution in [3.8, 4) is 5.69 Å². The fourth-order valence-corrected chi connectivity index (χ4v) is 4.97. The Morgan fingerprint density at radius 3 is 2.29 bits per heavy atom. The van der Waals surface area contributed by atoms with E-state index in [1.807, 2.05) is 89.2 Å². The zero-order valence-corrected chi connectivity index (χ0v) is 17.9. The van der Waals surface area contributed by atoms with Crippen LogP contribution in [0.2, 0.25) is 0 Å². The molecule has 0 saturated heterocycles. The molecule has 0 spiro atoms. The van der Waals surface area contributed by atoms with Gasteiger partial charge in [-0.25, -0.2) is 13.1 Å². The molecule has 1 aromatic heterocycles. The van der Waals surface area contributed by atoms with Crippen molar-refractivity contribution in [3.63, 3.8) is 0 Å². The molecular weight excluding hydrogens is 370 g/mol. The monoisotopic (exact) mass is 397 g/mol. The van der Waals surface area contributed by atoms with Crippen molar-refractivity contribution in [1.82, 2.24) is 9.78 Å². The third kappa shape index (κ3) is 3.83. The lowest BCUT2D eigenvalue weighted by atomic mass is 9.92. The molecule has 148 valence electrons. The lowest BCUT2D eigenvalue weighted by molar-refractivity contribution is 0.541. The molecular formula is C22H27N3O2S. The molecule has 0 aliphatic rings. The summed E-state index contributed by atoms with van der Waals surface area (Å²) in [5.74, 6) is 0. The molecule has 2 aromatic carbocycles. The minimum absolute atomic E-state index is 0.243. The second kappa shape index (κ2) is 7.43. The van der Waals surface area contributed by atoms with Crippen LogP contribution in [0.4, 0.5) is 5.69 Å². The standard InChI is InChI=1S/C22H27N3O2S/c1-6-25(19-14-10-11-17(2)15-19)28(26,27)20-16-24(18-12-8-7-9-13-18)23-21(20)22(3,4)5/h7-16H,6H2,1-5H3. The van der Waals surface area contributed by atoms with Crippen LogP contribution in [0.25, 0.3) is 5.69 Å². The second-order valence-corrected chi connectivity index (χ2v) is 9.71. The third-order valence-electron chi connectivity index (χ3n) is 4.56. The summed E-state index contributed by atoms with van der Waals surface area (Å²) in [7, 11) is -3.77. The maximum atomic E-state index is 13.7. The van der Waals surface area contributed by atoms with E-state index in [1.165, 1.54) is 4.31 Å². The number of hydrogen-bond acceptors (Lipinski definition) is 3. The van der Waals surface area contributed by atoms with E-state index in [0.29, 0.717) is 17.9 Å². The highest BCUT2D eigenvalue weighted by molar-refractivity contribution is 7.92. The Kier molecular flexibility index (Phi) is 5.35. The average Bonchev–Trinajstić information content (AvgIpc) is 3.10. The number of aryl methyl sites for hydroxylation is 1. The van der Waals surface area contributed by atoms with Gasteiger partial charge in [-0.1, -0.05) is 51.1 Å². The van der Waals surface area contributed by atoms with Gasteiger partial charge in [-0.05, 0) is 43.7 Å². The summed E-state index contributed by atoms with van der Waals surface area (Å²) >= 11 is 0. The van der Waals surface area contributed by atoms with Crippen molar-refractivity contribution < 1.29 is 8.42 Å². The topological polar surface area (TPSA) is 55.2 Å². The van der Waals surface area contributed by atoms with Gasteiger partial charge in [0.1, 0.15) is 4.90 Å². The highest BCUT2D eigenvalue weighted by Crippen LogP contribution is 2.32. The second-order valence-electron chi connectivity index (χ2n) is 7.88. The first-order valence-electron chi connectivity index (χ1n) is 9.39. The van der Waals surface area contributed by atoms with E-state index in [4.69, 9.17) is 0 Å². The minimum Gasteiger partial charge on any atom is -0.267 e. The first kappa shape index (κ1) is 20.1. The molecule has 0 radical (unpaired) electrons. The quantitative estimate of drug-likeness (QED) is 0.627. The fraction of sp³-hybridized carbons (Fsp3) is 0.318. The van der Waals surface area contributed by atoms with E-state index in [9.17, 15) is 8.42 Å². The molecule has 1 heterocycles. The Hall–Kier alpha value is -2.60. The highest BCUT2D eigenvalue weighted by Gasteiger charge is 2.34. The van der Waals surface area contributed by atoms with Crippen LogP contribution in [-0.4, -0.2) is 24.7 Å². The van der Waals surface area contributed by atoms with Crippen LogP contribution in [0.5, 0.6) is 0 Å². The molecule has 0 aliphatic carbocycles. The molecule has 0 bridgehead atoms. The van der Waals surface area contributed by atoms with E-state index in [-0.39, 0.29) is 4.90 Å². The SMILES string of the molecule is CCN(c1cccc(C)c1)S(=O)(=O)c1cn(-c2ccccc2)nc1C(C)(C)C. The largest absolute Gasteiger partial charge is 0.267 e. The van der Waals surface area contributed by atoms with Gasteiger partial charge in [0.2, 0.25) is 0 Å². The van der Waals surface area contributed by atoms with Gasteiger partial charge in [0.15, 0.2) is 0 Å². The van der Waals surface area contributed by atoms with Gasteiger partial charge in [0, 0.05) is 12.0 Å². The molecule has 3 aromatic rings. The number of hydrogen-bond donors (Lipinski definition) is 0. The molecule has 0 aliphatic heterocycles. The molecule has 3 rings (SSSR count). The zero-order valence-electron chi connectivity index (χ0n) is 17.0. The molecule has 28 heavy (non-hydrogen) atoms. The smallest absolute Gasteiger partial charge is 0.267 e. The van der Waals surface area contributed by atoms with E-state index in [0.717, 1.165) is 11.3 Å². The molecule has 0 saturated carbocycles. The summed E-state index contributed by atoms with van der Waals surface area (Å²) < 4.78 is 30.4. The van der Waals surface area contributed by atoms with Crippen LogP contribution in [0.3, 0.4) is 0 Å². The summed E-state index contributed by atoms with van der Waals surface area (Å²) in [5, 5.41) is 4.66. The molecule has 6 heteroatoms. The van der Waals surface area contributed by atoms with Crippen LogP contribution < -0.4 is 4.31 Å². The average molecular weight is 398 g/mol. The molecule has 0 amide bonds. The minimum atomic E-state index is -3.77. The van der Waals surface area contributed by atoms with Crippen LogP contribution in [0.15, 0.2) is 65.7 Å². The maximum absolute atomic E-state index is 13.7. The summed E-state index contributed by atoms with van der Waals surface area (Å²) in [6, 6.07) is 17.1. The van der Waals surface area contributed by atoms with Gasteiger partial charge >= 0.3 is 0 Å². The van der Waals surface area contributed by atoms with Crippen LogP contribution in [-0.2, 0) is 15.4 Å². The molecule has 0 atom stereocenters. The molecule has 0 N–H and O–H groups in total. The van der Waals surface area contributed by atoms with Crippen molar-refractivity contribution in [2.45, 2.75) is 44.9 Å². The maximum Gasteiger partial charge on any atom is 0.267 e. The van der Waals surface area contributed by atoms with E-state index in [2.05, 4.69) is 5.10 Å². The van der Waals surface area contributed by atoms with Crippen molar-refractivity contribution in [2.75, 3.05) is 10.8 Å². The Labute approximate surface area is 167 Å². The summed E-state index contributed by atoms with van der Waals surface area (Å²) in [6.45, 7) is 10.1. The molecule has 5 nitrogen and oxygen atoms in total. The van der Waals surface area contributed by atoms with Gasteiger partial charge in [-0.15, -0.1) is 0 Å². The predicted molar refractivity (Wildman–Crippen MR) is 114 cm³/mol. The van der Waals surface area contributed by atoms with Crippen LogP contribution in [0, 0.1) is 6.92 Å². The first-order valence-corrected chi connectivity index (χ1v) is 10.8. The number of rotatable bonds is 5. The molecule has 0 fully saturated rings. The lowest BCUT2D eigenvalue weighted by Gasteiger charge is -2.25. The summed E-state index contributed by atoms with van der Waals surface area (Å²) in [4.78, 5) is 0.243. The van der Waals surface area contributed by atoms with E-state index < -0.39 is 15.4 Å². The predicted octanol–water partition coefficient (Wildman–Crippen LogP) is 4.69. The van der Waals surface area contributed by atoms with Crippen molar-refractivity contribution in [1.29, 1.82) is 0 Å². The van der Waals surface area contributed by atoms with Gasteiger partial charge in [0.05, 0.1) is 23.3 Å². The number of sulfonamides is 1. The third-order valence-corrected chi connectivity index (χ3v) is 6.46. The number of anilines is 1. The fourth-order valence-electron chi connectivity index (χ4n) is 3.17. The number of aromatic nitrogens is 2. The first-order chi connectivity index (χ1) is 13.1. The van der Waals surface area contributed by atoms with Crippen molar-refractivity contribution in [2.24, 2.45) is 0 Å². The van der Waals surface area contributed by atoms with Gasteiger partial charge in [-0.2, -0.15) is 5.10 Å². The van der Waals surface area contributed by atoms with E-state index >= 15 is 0 Å². The Morgan fingerprint density at radius 2 is 1.71 bits per heavy atom. The zero-order chi connectivity index (χ0) is 20.5. The van der Waals surface area contributed by atoms with Gasteiger partial charge in [-0.3, -0.25) is 4.31 Å². The normalized spacial score (nSPS) is 12.2. The Bertz CT molecular complexity index is 1060. The number of para-hydroxylation sites is 1. The van der Waals surface area contributed by atoms with Gasteiger partial charge < -0.3 is 0 Å². The van der Waals surface area contributed by atoms with Crippen LogP contribution in [0.1, 0.15) is 39.0 Å². The lowest BCUT2D eigenvalue weighted by Crippen LogP contribution is -2.32. The number of benzene rings is 2. The summed E-state index contributed by atoms with van der Waals surface area (Å²) in [5.41, 5.74) is 2.64.